The van der Waals surface area contributed by atoms with Gasteiger partial charge >= 0.3 is 0 Å². The molecule has 0 aromatic heterocycles. The molecule has 0 atom stereocenters. The van der Waals surface area contributed by atoms with Crippen LogP contribution in [-0.4, -0.2) is 33.2 Å². The highest BCUT2D eigenvalue weighted by molar-refractivity contribution is 7.86. The Morgan fingerprint density at radius 2 is 1.64 bits per heavy atom. The highest BCUT2D eigenvalue weighted by Crippen LogP contribution is 2.58. The number of rotatable bonds is 0. The Morgan fingerprint density at radius 1 is 1.14 bits per heavy atom. The minimum atomic E-state index is -0.454. The molecule has 2 rings (SSSR count). The van der Waals surface area contributed by atoms with Crippen molar-refractivity contribution >= 4 is 18.7 Å². The summed E-state index contributed by atoms with van der Waals surface area (Å²) in [5.74, 6) is 2.03. The minimum Gasteiger partial charge on any atom is -0.260 e. The maximum Gasteiger partial charge on any atom is 0.0300 e. The van der Waals surface area contributed by atoms with Crippen molar-refractivity contribution in [2.75, 3.05) is 23.8 Å². The summed E-state index contributed by atoms with van der Waals surface area (Å²) in [4.78, 5) is 0. The third-order valence-electron chi connectivity index (χ3n) is 3.71. The fourth-order valence-corrected chi connectivity index (χ4v) is 7.49. The van der Waals surface area contributed by atoms with Crippen LogP contribution in [0.4, 0.5) is 0 Å². The summed E-state index contributed by atoms with van der Waals surface area (Å²) < 4.78 is 11.2. The third kappa shape index (κ3) is 2.07. The van der Waals surface area contributed by atoms with Gasteiger partial charge in [-0.2, -0.15) is 0 Å². The Morgan fingerprint density at radius 3 is 2.00 bits per heavy atom. The molecular weight excluding hydrogens is 211 g/mol. The molecule has 0 bridgehead atoms. The van der Waals surface area contributed by atoms with Gasteiger partial charge in [-0.05, 0) is 35.7 Å². The zero-order chi connectivity index (χ0) is 10.4. The molecule has 0 radical (unpaired) electrons. The summed E-state index contributed by atoms with van der Waals surface area (Å²) in [5.41, 5.74) is 0.537. The second-order valence-corrected chi connectivity index (χ2v) is 10.7. The Hall–Kier alpha value is 0.580. The van der Waals surface area contributed by atoms with Crippen LogP contribution < -0.4 is 0 Å². The molecule has 0 aromatic rings. The third-order valence-corrected chi connectivity index (χ3v) is 9.00. The van der Waals surface area contributed by atoms with Gasteiger partial charge in [0.25, 0.3) is 0 Å². The van der Waals surface area contributed by atoms with Crippen LogP contribution >= 0.6 is 7.92 Å². The Kier molecular flexibility index (Phi) is 2.81. The molecular formula is C11H21OPS. The van der Waals surface area contributed by atoms with Gasteiger partial charge in [-0.15, -0.1) is 7.92 Å². The standard InChI is InChI=1S/C11H21OPS/c1-10(2,3)13-6-4-11(5-7-13)8-14(12)9-11/h4-9H2,1-3H3. The average molecular weight is 232 g/mol. The summed E-state index contributed by atoms with van der Waals surface area (Å²) in [7, 11) is -0.210. The fourth-order valence-electron chi connectivity index (χ4n) is 2.58. The first kappa shape index (κ1) is 11.1. The van der Waals surface area contributed by atoms with E-state index in [2.05, 4.69) is 20.8 Å². The van der Waals surface area contributed by atoms with E-state index in [1.807, 2.05) is 0 Å². The molecule has 1 spiro atoms. The molecule has 2 aliphatic heterocycles. The van der Waals surface area contributed by atoms with Crippen molar-refractivity contribution in [3.05, 3.63) is 0 Å². The van der Waals surface area contributed by atoms with Gasteiger partial charge in [0.15, 0.2) is 0 Å². The maximum absolute atomic E-state index is 11.2. The lowest BCUT2D eigenvalue weighted by Gasteiger charge is -2.48. The second-order valence-electron chi connectivity index (χ2n) is 5.89. The monoisotopic (exact) mass is 232 g/mol. The quantitative estimate of drug-likeness (QED) is 0.587. The molecule has 0 amide bonds. The van der Waals surface area contributed by atoms with Gasteiger partial charge in [0, 0.05) is 22.3 Å². The summed E-state index contributed by atoms with van der Waals surface area (Å²) in [6.45, 7) is 7.15. The molecule has 0 saturated carbocycles. The van der Waals surface area contributed by atoms with E-state index in [9.17, 15) is 4.21 Å². The lowest BCUT2D eigenvalue weighted by molar-refractivity contribution is 0.315. The predicted molar refractivity (Wildman–Crippen MR) is 66.0 cm³/mol. The Balaban J connectivity index is 1.90. The van der Waals surface area contributed by atoms with Crippen molar-refractivity contribution in [3.63, 3.8) is 0 Å². The Bertz CT molecular complexity index is 239. The first-order valence-electron chi connectivity index (χ1n) is 5.51. The minimum absolute atomic E-state index is 0.244. The van der Waals surface area contributed by atoms with Crippen LogP contribution in [0.2, 0.25) is 0 Å². The Labute approximate surface area is 91.3 Å². The van der Waals surface area contributed by atoms with Crippen LogP contribution in [0.25, 0.3) is 0 Å². The first-order valence-corrected chi connectivity index (χ1v) is 8.71. The highest BCUT2D eigenvalue weighted by Gasteiger charge is 2.46. The van der Waals surface area contributed by atoms with Gasteiger partial charge in [0.2, 0.25) is 0 Å². The van der Waals surface area contributed by atoms with E-state index in [1.165, 1.54) is 25.2 Å². The largest absolute Gasteiger partial charge is 0.260 e. The lowest BCUT2D eigenvalue weighted by Crippen LogP contribution is -2.48. The predicted octanol–water partition coefficient (Wildman–Crippen LogP) is 2.81. The lowest BCUT2D eigenvalue weighted by atomic mass is 9.85. The van der Waals surface area contributed by atoms with E-state index in [1.54, 1.807) is 0 Å². The van der Waals surface area contributed by atoms with Crippen LogP contribution in [0.5, 0.6) is 0 Å². The molecule has 0 aromatic carbocycles. The summed E-state index contributed by atoms with van der Waals surface area (Å²) in [6.07, 6.45) is 5.58. The van der Waals surface area contributed by atoms with E-state index in [-0.39, 0.29) is 7.92 Å². The van der Waals surface area contributed by atoms with Gasteiger partial charge in [-0.25, -0.2) is 0 Å². The van der Waals surface area contributed by atoms with Crippen LogP contribution in [-0.2, 0) is 10.8 Å². The summed E-state index contributed by atoms with van der Waals surface area (Å²) in [6, 6.07) is 0. The van der Waals surface area contributed by atoms with Crippen molar-refractivity contribution < 1.29 is 4.21 Å². The van der Waals surface area contributed by atoms with Crippen LogP contribution in [0.1, 0.15) is 33.6 Å². The molecule has 2 aliphatic rings. The van der Waals surface area contributed by atoms with E-state index < -0.39 is 10.8 Å². The van der Waals surface area contributed by atoms with E-state index >= 15 is 0 Å². The average Bonchev–Trinajstić information content (AvgIpc) is 2.01. The fraction of sp³-hybridized carbons (Fsp3) is 1.00. The van der Waals surface area contributed by atoms with Crippen LogP contribution in [0.3, 0.4) is 0 Å². The summed E-state index contributed by atoms with van der Waals surface area (Å²) >= 11 is 0. The van der Waals surface area contributed by atoms with Crippen molar-refractivity contribution in [1.82, 2.24) is 0 Å². The van der Waals surface area contributed by atoms with Crippen molar-refractivity contribution in [2.45, 2.75) is 38.8 Å². The zero-order valence-corrected chi connectivity index (χ0v) is 11.2. The van der Waals surface area contributed by atoms with Gasteiger partial charge in [-0.3, -0.25) is 4.21 Å². The molecule has 0 unspecified atom stereocenters. The topological polar surface area (TPSA) is 17.1 Å². The molecule has 2 saturated heterocycles. The van der Waals surface area contributed by atoms with E-state index in [0.717, 1.165) is 11.5 Å². The zero-order valence-electron chi connectivity index (χ0n) is 9.51. The molecule has 3 heteroatoms. The molecule has 14 heavy (non-hydrogen) atoms. The van der Waals surface area contributed by atoms with Gasteiger partial charge in [0.05, 0.1) is 0 Å². The molecule has 0 aliphatic carbocycles. The van der Waals surface area contributed by atoms with E-state index in [0.29, 0.717) is 10.6 Å². The molecule has 2 fully saturated rings. The molecule has 0 N–H and O–H groups in total. The summed E-state index contributed by atoms with van der Waals surface area (Å²) in [5, 5.41) is 0.542. The maximum atomic E-state index is 11.2. The van der Waals surface area contributed by atoms with Gasteiger partial charge < -0.3 is 0 Å². The van der Waals surface area contributed by atoms with Crippen molar-refractivity contribution in [3.8, 4) is 0 Å². The normalized spacial score (nSPS) is 43.6. The molecule has 2 heterocycles. The molecule has 82 valence electrons. The van der Waals surface area contributed by atoms with Gasteiger partial charge in [0.1, 0.15) is 0 Å². The number of hydrogen-bond donors (Lipinski definition) is 0. The van der Waals surface area contributed by atoms with Crippen molar-refractivity contribution in [1.29, 1.82) is 0 Å². The molecule has 1 nitrogen and oxygen atoms in total. The highest BCUT2D eigenvalue weighted by atomic mass is 32.2. The van der Waals surface area contributed by atoms with Crippen molar-refractivity contribution in [2.24, 2.45) is 5.41 Å². The van der Waals surface area contributed by atoms with Crippen LogP contribution in [0.15, 0.2) is 0 Å². The van der Waals surface area contributed by atoms with Gasteiger partial charge in [-0.1, -0.05) is 20.8 Å². The smallest absolute Gasteiger partial charge is 0.0300 e. The first-order chi connectivity index (χ1) is 6.41. The van der Waals surface area contributed by atoms with E-state index in [4.69, 9.17) is 0 Å². The SMILES string of the molecule is CC(C)(C)P1CCC2(CC1)CS(=O)C2. The second kappa shape index (κ2) is 3.56. The van der Waals surface area contributed by atoms with Crippen LogP contribution in [0, 0.1) is 5.41 Å². The number of hydrogen-bond acceptors (Lipinski definition) is 1.